The summed E-state index contributed by atoms with van der Waals surface area (Å²) >= 11 is 1.93. The van der Waals surface area contributed by atoms with E-state index in [0.29, 0.717) is 5.54 Å². The highest BCUT2D eigenvalue weighted by molar-refractivity contribution is 8.14. The van der Waals surface area contributed by atoms with Crippen LogP contribution in [-0.2, 0) is 0 Å². The number of thioether (sulfide) groups is 1. The van der Waals surface area contributed by atoms with E-state index >= 15 is 0 Å². The Labute approximate surface area is 132 Å². The molecule has 1 aromatic carbocycles. The van der Waals surface area contributed by atoms with Gasteiger partial charge in [-0.15, -0.1) is 11.8 Å². The maximum absolute atomic E-state index is 5.41. The summed E-state index contributed by atoms with van der Waals surface area (Å²) in [5, 5.41) is 1.29. The second-order valence-electron chi connectivity index (χ2n) is 7.36. The van der Waals surface area contributed by atoms with Crippen LogP contribution in [0.15, 0.2) is 35.3 Å². The first-order valence-corrected chi connectivity index (χ1v) is 9.53. The molecule has 4 saturated carbocycles. The first kappa shape index (κ1) is 13.9. The molecule has 4 aliphatic rings. The zero-order valence-electron chi connectivity index (χ0n) is 12.9. The summed E-state index contributed by atoms with van der Waals surface area (Å²) in [5.41, 5.74) is 1.61. The Bertz CT molecular complexity index is 498. The van der Waals surface area contributed by atoms with E-state index in [1.54, 1.807) is 0 Å². The minimum atomic E-state index is 0.294. The topological polar surface area (TPSA) is 12.4 Å². The maximum atomic E-state index is 5.41. The second kappa shape index (κ2) is 5.46. The van der Waals surface area contributed by atoms with Crippen LogP contribution in [-0.4, -0.2) is 16.3 Å². The standard InChI is InChI=1S/C19H25NS/c1-2-21-18(17-6-4-3-5-7-17)20-19-11-14-8-15(12-19)10-16(9-14)13-19/h3-7,14-16H,2,8-13H2,1H3. The van der Waals surface area contributed by atoms with Gasteiger partial charge in [0.2, 0.25) is 0 Å². The van der Waals surface area contributed by atoms with E-state index in [9.17, 15) is 0 Å². The van der Waals surface area contributed by atoms with Crippen molar-refractivity contribution in [2.75, 3.05) is 5.75 Å². The number of benzene rings is 1. The highest BCUT2D eigenvalue weighted by atomic mass is 32.2. The summed E-state index contributed by atoms with van der Waals surface area (Å²) in [4.78, 5) is 5.41. The molecule has 0 aliphatic heterocycles. The maximum Gasteiger partial charge on any atom is 0.0983 e. The van der Waals surface area contributed by atoms with Crippen molar-refractivity contribution < 1.29 is 0 Å². The summed E-state index contributed by atoms with van der Waals surface area (Å²) in [6.45, 7) is 2.24. The van der Waals surface area contributed by atoms with Crippen LogP contribution in [0.5, 0.6) is 0 Å². The zero-order valence-corrected chi connectivity index (χ0v) is 13.7. The molecule has 0 aromatic heterocycles. The quantitative estimate of drug-likeness (QED) is 0.555. The molecule has 4 bridgehead atoms. The lowest BCUT2D eigenvalue weighted by atomic mass is 9.53. The summed E-state index contributed by atoms with van der Waals surface area (Å²) in [7, 11) is 0. The molecule has 0 amide bonds. The fourth-order valence-electron chi connectivity index (χ4n) is 5.31. The van der Waals surface area contributed by atoms with E-state index in [4.69, 9.17) is 4.99 Å². The van der Waals surface area contributed by atoms with Gasteiger partial charge in [0.25, 0.3) is 0 Å². The van der Waals surface area contributed by atoms with Crippen LogP contribution in [0.1, 0.15) is 51.0 Å². The van der Waals surface area contributed by atoms with Gasteiger partial charge in [-0.1, -0.05) is 37.3 Å². The Morgan fingerprint density at radius 3 is 2.14 bits per heavy atom. The zero-order chi connectivity index (χ0) is 14.3. The average molecular weight is 299 g/mol. The van der Waals surface area contributed by atoms with Crippen LogP contribution in [0.4, 0.5) is 0 Å². The number of hydrogen-bond acceptors (Lipinski definition) is 2. The van der Waals surface area contributed by atoms with Gasteiger partial charge in [0, 0.05) is 5.56 Å². The first-order valence-electron chi connectivity index (χ1n) is 8.54. The molecule has 1 aromatic rings. The molecule has 0 unspecified atom stereocenters. The van der Waals surface area contributed by atoms with Gasteiger partial charge < -0.3 is 0 Å². The molecule has 0 atom stereocenters. The molecular formula is C19H25NS. The van der Waals surface area contributed by atoms with Crippen LogP contribution in [0, 0.1) is 17.8 Å². The lowest BCUT2D eigenvalue weighted by Gasteiger charge is -2.55. The van der Waals surface area contributed by atoms with Crippen LogP contribution < -0.4 is 0 Å². The number of hydrogen-bond donors (Lipinski definition) is 0. The van der Waals surface area contributed by atoms with Crippen LogP contribution in [0.3, 0.4) is 0 Å². The molecule has 112 valence electrons. The number of rotatable bonds is 3. The monoisotopic (exact) mass is 299 g/mol. The van der Waals surface area contributed by atoms with Gasteiger partial charge in [0.1, 0.15) is 0 Å². The Hall–Kier alpha value is -0.760. The Morgan fingerprint density at radius 2 is 1.62 bits per heavy atom. The third kappa shape index (κ3) is 2.67. The summed E-state index contributed by atoms with van der Waals surface area (Å²) in [6.07, 6.45) is 8.57. The molecule has 0 saturated heterocycles. The van der Waals surface area contributed by atoms with Gasteiger partial charge in [-0.2, -0.15) is 0 Å². The van der Waals surface area contributed by atoms with E-state index in [0.717, 1.165) is 23.5 Å². The summed E-state index contributed by atoms with van der Waals surface area (Å²) < 4.78 is 0. The smallest absolute Gasteiger partial charge is 0.0983 e. The first-order chi connectivity index (χ1) is 10.3. The minimum Gasteiger partial charge on any atom is -0.271 e. The third-order valence-corrected chi connectivity index (χ3v) is 6.54. The molecule has 0 N–H and O–H groups in total. The Morgan fingerprint density at radius 1 is 1.05 bits per heavy atom. The van der Waals surface area contributed by atoms with Crippen molar-refractivity contribution in [1.29, 1.82) is 0 Å². The molecule has 4 aliphatic carbocycles. The predicted molar refractivity (Wildman–Crippen MR) is 92.0 cm³/mol. The van der Waals surface area contributed by atoms with E-state index in [1.807, 2.05) is 11.8 Å². The van der Waals surface area contributed by atoms with Crippen molar-refractivity contribution in [3.63, 3.8) is 0 Å². The number of nitrogens with zero attached hydrogens (tertiary/aromatic N) is 1. The SMILES string of the molecule is CCSC(=NC12CC3CC(CC(C3)C1)C2)c1ccccc1. The van der Waals surface area contributed by atoms with Gasteiger partial charge in [-0.05, 0) is 62.0 Å². The van der Waals surface area contributed by atoms with Crippen molar-refractivity contribution in [3.8, 4) is 0 Å². The predicted octanol–water partition coefficient (Wildman–Crippen LogP) is 5.16. The van der Waals surface area contributed by atoms with Crippen LogP contribution >= 0.6 is 11.8 Å². The minimum absolute atomic E-state index is 0.294. The fourth-order valence-corrected chi connectivity index (χ4v) is 6.15. The largest absolute Gasteiger partial charge is 0.271 e. The van der Waals surface area contributed by atoms with Gasteiger partial charge in [-0.25, -0.2) is 0 Å². The van der Waals surface area contributed by atoms with Crippen LogP contribution in [0.25, 0.3) is 0 Å². The van der Waals surface area contributed by atoms with Crippen molar-refractivity contribution in [1.82, 2.24) is 0 Å². The third-order valence-electron chi connectivity index (χ3n) is 5.65. The normalized spacial score (nSPS) is 38.0. The van der Waals surface area contributed by atoms with Crippen molar-refractivity contribution in [2.45, 2.75) is 51.0 Å². The molecule has 0 heterocycles. The molecule has 5 rings (SSSR count). The number of aliphatic imine (C=N–C) groups is 1. The van der Waals surface area contributed by atoms with E-state index in [2.05, 4.69) is 37.3 Å². The molecule has 2 heteroatoms. The van der Waals surface area contributed by atoms with Gasteiger partial charge in [0.05, 0.1) is 10.6 Å². The lowest BCUT2D eigenvalue weighted by Crippen LogP contribution is -2.49. The molecule has 0 radical (unpaired) electrons. The van der Waals surface area contributed by atoms with E-state index in [1.165, 1.54) is 49.1 Å². The average Bonchev–Trinajstić information content (AvgIpc) is 2.46. The van der Waals surface area contributed by atoms with E-state index < -0.39 is 0 Å². The van der Waals surface area contributed by atoms with Crippen molar-refractivity contribution in [3.05, 3.63) is 35.9 Å². The molecule has 21 heavy (non-hydrogen) atoms. The Balaban J connectivity index is 1.67. The highest BCUT2D eigenvalue weighted by Gasteiger charge is 2.51. The molecule has 4 fully saturated rings. The van der Waals surface area contributed by atoms with Crippen molar-refractivity contribution in [2.24, 2.45) is 22.7 Å². The summed E-state index contributed by atoms with van der Waals surface area (Å²) in [5.74, 6) is 4.04. The van der Waals surface area contributed by atoms with Crippen LogP contribution in [0.2, 0.25) is 0 Å². The lowest BCUT2D eigenvalue weighted by molar-refractivity contribution is 0.00186. The molecule has 0 spiro atoms. The fraction of sp³-hybridized carbons (Fsp3) is 0.632. The van der Waals surface area contributed by atoms with Gasteiger partial charge in [0.15, 0.2) is 0 Å². The summed E-state index contributed by atoms with van der Waals surface area (Å²) in [6, 6.07) is 10.8. The highest BCUT2D eigenvalue weighted by Crippen LogP contribution is 2.57. The molecule has 1 nitrogen and oxygen atoms in total. The van der Waals surface area contributed by atoms with Gasteiger partial charge >= 0.3 is 0 Å². The second-order valence-corrected chi connectivity index (χ2v) is 8.61. The Kier molecular flexibility index (Phi) is 3.61. The molecular weight excluding hydrogens is 274 g/mol. The van der Waals surface area contributed by atoms with Gasteiger partial charge in [-0.3, -0.25) is 4.99 Å². The van der Waals surface area contributed by atoms with E-state index in [-0.39, 0.29) is 0 Å². The van der Waals surface area contributed by atoms with Crippen molar-refractivity contribution >= 4 is 16.8 Å².